The smallest absolute Gasteiger partial charge is 0.242 e. The fourth-order valence-corrected chi connectivity index (χ4v) is 3.93. The highest BCUT2D eigenvalue weighted by Crippen LogP contribution is 2.26. The van der Waals surface area contributed by atoms with Crippen LogP contribution in [-0.2, 0) is 10.0 Å². The Morgan fingerprint density at radius 2 is 2.26 bits per heavy atom. The van der Waals surface area contributed by atoms with Crippen LogP contribution in [0.5, 0.6) is 0 Å². The van der Waals surface area contributed by atoms with Gasteiger partial charge in [0, 0.05) is 23.8 Å². The van der Waals surface area contributed by atoms with Crippen molar-refractivity contribution in [2.45, 2.75) is 18.7 Å². The molecule has 0 saturated carbocycles. The lowest BCUT2D eigenvalue weighted by Crippen LogP contribution is -2.34. The fraction of sp³-hybridized carbons (Fsp3) is 0.455. The molecule has 19 heavy (non-hydrogen) atoms. The Bertz CT molecular complexity index is 600. The molecule has 1 aromatic heterocycles. The summed E-state index contributed by atoms with van der Waals surface area (Å²) in [5.74, 6) is -0.395. The average Bonchev–Trinajstić information content (AvgIpc) is 2.37. The molecule has 1 aromatic rings. The van der Waals surface area contributed by atoms with Crippen LogP contribution in [0, 0.1) is 17.2 Å². The van der Waals surface area contributed by atoms with Gasteiger partial charge in [-0.25, -0.2) is 13.4 Å². The minimum Gasteiger partial charge on any atom is -0.242 e. The molecular formula is C11H13BrClN3O2S. The zero-order chi connectivity index (χ0) is 14.6. The summed E-state index contributed by atoms with van der Waals surface area (Å²) >= 11 is 9.02. The number of nitriles is 1. The predicted molar refractivity (Wildman–Crippen MR) is 76.2 cm³/mol. The van der Waals surface area contributed by atoms with Crippen molar-refractivity contribution in [2.24, 2.45) is 5.92 Å². The lowest BCUT2D eigenvalue weighted by molar-refractivity contribution is 0.399. The van der Waals surface area contributed by atoms with Crippen molar-refractivity contribution >= 4 is 37.6 Å². The average molecular weight is 367 g/mol. The second-order valence-electron chi connectivity index (χ2n) is 3.93. The molecule has 0 aliphatic carbocycles. The highest BCUT2D eigenvalue weighted by Gasteiger charge is 2.27. The van der Waals surface area contributed by atoms with Gasteiger partial charge in [0.25, 0.3) is 0 Å². The van der Waals surface area contributed by atoms with Crippen LogP contribution in [0.1, 0.15) is 13.8 Å². The van der Waals surface area contributed by atoms with Crippen LogP contribution in [0.4, 0.5) is 0 Å². The lowest BCUT2D eigenvalue weighted by Gasteiger charge is -2.21. The first-order valence-corrected chi connectivity index (χ1v) is 8.14. The van der Waals surface area contributed by atoms with E-state index in [0.29, 0.717) is 4.47 Å². The first-order chi connectivity index (χ1) is 8.82. The first kappa shape index (κ1) is 16.4. The van der Waals surface area contributed by atoms with Crippen molar-refractivity contribution in [3.05, 3.63) is 21.9 Å². The molecule has 8 heteroatoms. The Morgan fingerprint density at radius 1 is 1.63 bits per heavy atom. The van der Waals surface area contributed by atoms with Gasteiger partial charge in [0.1, 0.15) is 10.0 Å². The minimum atomic E-state index is -3.75. The van der Waals surface area contributed by atoms with Gasteiger partial charge >= 0.3 is 0 Å². The van der Waals surface area contributed by atoms with E-state index in [9.17, 15) is 8.42 Å². The molecule has 1 heterocycles. The van der Waals surface area contributed by atoms with E-state index in [1.807, 2.05) is 6.07 Å². The Balaban J connectivity index is 3.21. The molecule has 5 nitrogen and oxygen atoms in total. The van der Waals surface area contributed by atoms with Crippen molar-refractivity contribution in [2.75, 3.05) is 13.1 Å². The number of pyridine rings is 1. The van der Waals surface area contributed by atoms with Crippen LogP contribution in [0.3, 0.4) is 0 Å². The molecule has 0 saturated heterocycles. The van der Waals surface area contributed by atoms with Crippen molar-refractivity contribution in [1.82, 2.24) is 9.29 Å². The molecule has 0 spiro atoms. The summed E-state index contributed by atoms with van der Waals surface area (Å²) in [7, 11) is -3.75. The number of halogens is 2. The van der Waals surface area contributed by atoms with Crippen molar-refractivity contribution in [3.63, 3.8) is 0 Å². The van der Waals surface area contributed by atoms with Gasteiger partial charge in [-0.15, -0.1) is 0 Å². The minimum absolute atomic E-state index is 0.0597. The molecule has 1 rings (SSSR count). The molecule has 0 amide bonds. The maximum Gasteiger partial charge on any atom is 0.246 e. The van der Waals surface area contributed by atoms with Gasteiger partial charge in [0.2, 0.25) is 10.0 Å². The number of hydrogen-bond acceptors (Lipinski definition) is 4. The van der Waals surface area contributed by atoms with Crippen LogP contribution in [-0.4, -0.2) is 30.8 Å². The number of sulfonamides is 1. The van der Waals surface area contributed by atoms with E-state index in [4.69, 9.17) is 16.9 Å². The topological polar surface area (TPSA) is 74.1 Å². The van der Waals surface area contributed by atoms with E-state index in [1.54, 1.807) is 13.8 Å². The zero-order valence-corrected chi connectivity index (χ0v) is 13.6. The Kier molecular flexibility index (Phi) is 5.74. The van der Waals surface area contributed by atoms with Crippen molar-refractivity contribution < 1.29 is 8.42 Å². The number of hydrogen-bond donors (Lipinski definition) is 0. The van der Waals surface area contributed by atoms with E-state index in [2.05, 4.69) is 20.9 Å². The molecule has 0 fully saturated rings. The number of aromatic nitrogens is 1. The Morgan fingerprint density at radius 3 is 2.79 bits per heavy atom. The summed E-state index contributed by atoms with van der Waals surface area (Å²) in [6.45, 7) is 3.76. The standard InChI is InChI=1S/C11H13BrClN3O2S/c1-3-16(7-8(2)5-14)19(17,18)10-4-9(12)6-15-11(10)13/h4,6,8H,3,7H2,1-2H3. The molecule has 0 aromatic carbocycles. The zero-order valence-electron chi connectivity index (χ0n) is 10.5. The highest BCUT2D eigenvalue weighted by atomic mass is 79.9. The summed E-state index contributed by atoms with van der Waals surface area (Å²) in [4.78, 5) is 3.75. The molecule has 0 N–H and O–H groups in total. The van der Waals surface area contributed by atoms with Crippen molar-refractivity contribution in [1.29, 1.82) is 5.26 Å². The van der Waals surface area contributed by atoms with E-state index in [0.717, 1.165) is 0 Å². The molecule has 0 bridgehead atoms. The highest BCUT2D eigenvalue weighted by molar-refractivity contribution is 9.10. The predicted octanol–water partition coefficient (Wildman–Crippen LogP) is 2.67. The summed E-state index contributed by atoms with van der Waals surface area (Å²) in [6.07, 6.45) is 1.43. The fourth-order valence-electron chi connectivity index (χ4n) is 1.47. The normalized spacial score (nSPS) is 13.3. The van der Waals surface area contributed by atoms with E-state index >= 15 is 0 Å². The van der Waals surface area contributed by atoms with Crippen LogP contribution in [0.15, 0.2) is 21.6 Å². The van der Waals surface area contributed by atoms with E-state index in [-0.39, 0.29) is 23.1 Å². The van der Waals surface area contributed by atoms with Crippen LogP contribution < -0.4 is 0 Å². The largest absolute Gasteiger partial charge is 0.246 e. The summed E-state index contributed by atoms with van der Waals surface area (Å²) in [5.41, 5.74) is 0. The maximum absolute atomic E-state index is 12.5. The van der Waals surface area contributed by atoms with Crippen molar-refractivity contribution in [3.8, 4) is 6.07 Å². The van der Waals surface area contributed by atoms with Gasteiger partial charge in [-0.05, 0) is 28.9 Å². The Labute approximate surface area is 126 Å². The molecule has 1 atom stereocenters. The number of nitrogens with zero attached hydrogens (tertiary/aromatic N) is 3. The quantitative estimate of drug-likeness (QED) is 0.751. The third-order valence-electron chi connectivity index (χ3n) is 2.44. The van der Waals surface area contributed by atoms with Gasteiger partial charge in [-0.1, -0.05) is 18.5 Å². The van der Waals surface area contributed by atoms with Gasteiger partial charge in [0.05, 0.1) is 12.0 Å². The first-order valence-electron chi connectivity index (χ1n) is 5.53. The molecule has 1 unspecified atom stereocenters. The molecular weight excluding hydrogens is 354 g/mol. The van der Waals surface area contributed by atoms with Gasteiger partial charge < -0.3 is 0 Å². The third-order valence-corrected chi connectivity index (χ3v) is 5.24. The van der Waals surface area contributed by atoms with Gasteiger partial charge in [-0.3, -0.25) is 0 Å². The second kappa shape index (κ2) is 6.66. The van der Waals surface area contributed by atoms with E-state index in [1.165, 1.54) is 16.6 Å². The molecule has 0 radical (unpaired) electrons. The molecule has 0 aliphatic heterocycles. The van der Waals surface area contributed by atoms with Gasteiger partial charge in [-0.2, -0.15) is 9.57 Å². The second-order valence-corrected chi connectivity index (χ2v) is 7.11. The monoisotopic (exact) mass is 365 g/mol. The Hall–Kier alpha value is -0.680. The summed E-state index contributed by atoms with van der Waals surface area (Å²) in [6, 6.07) is 3.42. The van der Waals surface area contributed by atoms with Crippen LogP contribution >= 0.6 is 27.5 Å². The maximum atomic E-state index is 12.5. The third kappa shape index (κ3) is 3.89. The van der Waals surface area contributed by atoms with Crippen LogP contribution in [0.2, 0.25) is 5.15 Å². The number of rotatable bonds is 5. The van der Waals surface area contributed by atoms with Crippen LogP contribution in [0.25, 0.3) is 0 Å². The van der Waals surface area contributed by atoms with E-state index < -0.39 is 15.9 Å². The summed E-state index contributed by atoms with van der Waals surface area (Å²) < 4.78 is 26.7. The van der Waals surface area contributed by atoms with Gasteiger partial charge in [0.15, 0.2) is 0 Å². The summed E-state index contributed by atoms with van der Waals surface area (Å²) in [5, 5.41) is 8.72. The lowest BCUT2D eigenvalue weighted by atomic mass is 10.2. The molecule has 104 valence electrons. The SMILES string of the molecule is CCN(CC(C)C#N)S(=O)(=O)c1cc(Br)cnc1Cl. The molecule has 0 aliphatic rings.